The van der Waals surface area contributed by atoms with Gasteiger partial charge >= 0.3 is 0 Å². The van der Waals surface area contributed by atoms with Crippen LogP contribution in [0.5, 0.6) is 5.75 Å². The summed E-state index contributed by atoms with van der Waals surface area (Å²) in [6, 6.07) is 5.29. The Hall–Kier alpha value is -1.09. The molecule has 0 radical (unpaired) electrons. The van der Waals surface area contributed by atoms with E-state index < -0.39 is 0 Å². The Morgan fingerprint density at radius 3 is 2.94 bits per heavy atom. The molecule has 0 heterocycles. The number of hydrogen-bond acceptors (Lipinski definition) is 2. The maximum Gasteiger partial charge on any atom is 0.123 e. The van der Waals surface area contributed by atoms with Crippen molar-refractivity contribution in [3.8, 4) is 5.75 Å². The molecule has 1 aliphatic carbocycles. The summed E-state index contributed by atoms with van der Waals surface area (Å²) in [4.78, 5) is 0. The van der Waals surface area contributed by atoms with Crippen LogP contribution >= 0.6 is 0 Å². The Morgan fingerprint density at radius 1 is 1.39 bits per heavy atom. The second-order valence-electron chi connectivity index (χ2n) is 5.07. The van der Waals surface area contributed by atoms with Crippen molar-refractivity contribution in [3.63, 3.8) is 0 Å². The first-order valence-corrected chi connectivity index (χ1v) is 6.85. The van der Waals surface area contributed by atoms with Crippen molar-refractivity contribution in [2.24, 2.45) is 0 Å². The average molecular weight is 251 g/mol. The lowest BCUT2D eigenvalue weighted by atomic mass is 9.93. The largest absolute Gasteiger partial charge is 0.490 e. The molecular weight excluding hydrogens is 229 g/mol. The van der Waals surface area contributed by atoms with Gasteiger partial charge in [0, 0.05) is 6.04 Å². The summed E-state index contributed by atoms with van der Waals surface area (Å²) in [5.74, 6) is 0.618. The fourth-order valence-electron chi connectivity index (χ4n) is 2.65. The second kappa shape index (κ2) is 6.19. The number of rotatable bonds is 4. The van der Waals surface area contributed by atoms with Gasteiger partial charge in [-0.1, -0.05) is 6.92 Å². The molecule has 2 unspecified atom stereocenters. The molecule has 1 aliphatic rings. The summed E-state index contributed by atoms with van der Waals surface area (Å²) in [7, 11) is 0. The van der Waals surface area contributed by atoms with E-state index in [1.54, 1.807) is 6.07 Å². The molecule has 18 heavy (non-hydrogen) atoms. The first-order chi connectivity index (χ1) is 8.69. The fourth-order valence-corrected chi connectivity index (χ4v) is 2.65. The maximum absolute atomic E-state index is 13.0. The molecule has 0 aliphatic heterocycles. The van der Waals surface area contributed by atoms with Crippen LogP contribution in [0.2, 0.25) is 0 Å². The van der Waals surface area contributed by atoms with Gasteiger partial charge < -0.3 is 10.1 Å². The van der Waals surface area contributed by atoms with Crippen LogP contribution in [0.3, 0.4) is 0 Å². The molecule has 0 saturated heterocycles. The third-order valence-electron chi connectivity index (χ3n) is 3.55. The summed E-state index contributed by atoms with van der Waals surface area (Å²) in [5, 5.41) is 3.48. The van der Waals surface area contributed by atoms with Gasteiger partial charge in [0.1, 0.15) is 17.7 Å². The van der Waals surface area contributed by atoms with Gasteiger partial charge in [-0.15, -0.1) is 0 Å². The smallest absolute Gasteiger partial charge is 0.123 e. The highest BCUT2D eigenvalue weighted by Crippen LogP contribution is 2.26. The SMILES string of the molecule is CCNC1CCCC(Oc2ccc(F)cc2C)C1. The molecule has 100 valence electrons. The van der Waals surface area contributed by atoms with Crippen LogP contribution < -0.4 is 10.1 Å². The van der Waals surface area contributed by atoms with Crippen LogP contribution in [0.25, 0.3) is 0 Å². The van der Waals surface area contributed by atoms with Crippen LogP contribution in [0.4, 0.5) is 4.39 Å². The predicted octanol–water partition coefficient (Wildman–Crippen LogP) is 3.43. The normalized spacial score (nSPS) is 23.9. The number of halogens is 1. The Kier molecular flexibility index (Phi) is 4.59. The first-order valence-electron chi connectivity index (χ1n) is 6.85. The highest BCUT2D eigenvalue weighted by molar-refractivity contribution is 5.32. The lowest BCUT2D eigenvalue weighted by Gasteiger charge is -2.30. The zero-order valence-electron chi connectivity index (χ0n) is 11.2. The van der Waals surface area contributed by atoms with E-state index in [1.807, 2.05) is 6.92 Å². The third-order valence-corrected chi connectivity index (χ3v) is 3.55. The van der Waals surface area contributed by atoms with Crippen LogP contribution in [-0.4, -0.2) is 18.7 Å². The molecule has 0 spiro atoms. The van der Waals surface area contributed by atoms with Crippen molar-refractivity contribution < 1.29 is 9.13 Å². The summed E-state index contributed by atoms with van der Waals surface area (Å²) in [6.45, 7) is 5.03. The van der Waals surface area contributed by atoms with Crippen molar-refractivity contribution in [2.45, 2.75) is 51.7 Å². The fraction of sp³-hybridized carbons (Fsp3) is 0.600. The van der Waals surface area contributed by atoms with E-state index in [-0.39, 0.29) is 11.9 Å². The van der Waals surface area contributed by atoms with Gasteiger partial charge in [-0.25, -0.2) is 4.39 Å². The Balaban J connectivity index is 1.96. The Morgan fingerprint density at radius 2 is 2.22 bits per heavy atom. The molecule has 2 rings (SSSR count). The van der Waals surface area contributed by atoms with Crippen molar-refractivity contribution in [2.75, 3.05) is 6.54 Å². The molecule has 1 aromatic rings. The summed E-state index contributed by atoms with van der Waals surface area (Å²) in [6.07, 6.45) is 4.83. The maximum atomic E-state index is 13.0. The monoisotopic (exact) mass is 251 g/mol. The average Bonchev–Trinajstić information content (AvgIpc) is 2.34. The molecule has 2 atom stereocenters. The summed E-state index contributed by atoms with van der Waals surface area (Å²) in [5.41, 5.74) is 0.876. The van der Waals surface area contributed by atoms with Crippen LogP contribution in [-0.2, 0) is 0 Å². The Labute approximate surface area is 109 Å². The standard InChI is InChI=1S/C15H22FNO/c1-3-17-13-5-4-6-14(10-13)18-15-8-7-12(16)9-11(15)2/h7-9,13-14,17H,3-6,10H2,1-2H3. The molecule has 1 fully saturated rings. The lowest BCUT2D eigenvalue weighted by molar-refractivity contribution is 0.134. The van der Waals surface area contributed by atoms with E-state index in [4.69, 9.17) is 4.74 Å². The molecule has 0 amide bonds. The molecule has 1 aromatic carbocycles. The van der Waals surface area contributed by atoms with E-state index in [1.165, 1.54) is 25.0 Å². The number of nitrogens with one attached hydrogen (secondary N) is 1. The van der Waals surface area contributed by atoms with Crippen LogP contribution in [0, 0.1) is 12.7 Å². The van der Waals surface area contributed by atoms with Gasteiger partial charge in [-0.2, -0.15) is 0 Å². The zero-order chi connectivity index (χ0) is 13.0. The van der Waals surface area contributed by atoms with Crippen molar-refractivity contribution in [1.29, 1.82) is 0 Å². The van der Waals surface area contributed by atoms with E-state index in [0.29, 0.717) is 6.04 Å². The summed E-state index contributed by atoms with van der Waals surface area (Å²) >= 11 is 0. The van der Waals surface area contributed by atoms with Crippen LogP contribution in [0.15, 0.2) is 18.2 Å². The molecular formula is C15H22FNO. The van der Waals surface area contributed by atoms with Gasteiger partial charge in [-0.05, 0) is 62.9 Å². The van der Waals surface area contributed by atoms with Gasteiger partial charge in [0.05, 0.1) is 0 Å². The quantitative estimate of drug-likeness (QED) is 0.885. The van der Waals surface area contributed by atoms with E-state index in [2.05, 4.69) is 12.2 Å². The highest BCUT2D eigenvalue weighted by atomic mass is 19.1. The Bertz CT molecular complexity index is 392. The van der Waals surface area contributed by atoms with Crippen molar-refractivity contribution >= 4 is 0 Å². The van der Waals surface area contributed by atoms with E-state index >= 15 is 0 Å². The van der Waals surface area contributed by atoms with Crippen LogP contribution in [0.1, 0.15) is 38.2 Å². The molecule has 3 heteroatoms. The number of ether oxygens (including phenoxy) is 1. The first kappa shape index (κ1) is 13.3. The minimum Gasteiger partial charge on any atom is -0.490 e. The molecule has 1 saturated carbocycles. The predicted molar refractivity (Wildman–Crippen MR) is 71.5 cm³/mol. The van der Waals surface area contributed by atoms with Crippen molar-refractivity contribution in [1.82, 2.24) is 5.32 Å². The lowest BCUT2D eigenvalue weighted by Crippen LogP contribution is -2.38. The van der Waals surface area contributed by atoms with Gasteiger partial charge in [-0.3, -0.25) is 0 Å². The van der Waals surface area contributed by atoms with Gasteiger partial charge in [0.15, 0.2) is 0 Å². The third kappa shape index (κ3) is 3.45. The summed E-state index contributed by atoms with van der Waals surface area (Å²) < 4.78 is 19.0. The number of hydrogen-bond donors (Lipinski definition) is 1. The van der Waals surface area contributed by atoms with Gasteiger partial charge in [0.2, 0.25) is 0 Å². The van der Waals surface area contributed by atoms with E-state index in [0.717, 1.165) is 30.7 Å². The topological polar surface area (TPSA) is 21.3 Å². The molecule has 2 nitrogen and oxygen atoms in total. The highest BCUT2D eigenvalue weighted by Gasteiger charge is 2.22. The minimum atomic E-state index is -0.200. The second-order valence-corrected chi connectivity index (χ2v) is 5.07. The molecule has 1 N–H and O–H groups in total. The molecule has 0 bridgehead atoms. The molecule has 0 aromatic heterocycles. The van der Waals surface area contributed by atoms with Gasteiger partial charge in [0.25, 0.3) is 0 Å². The zero-order valence-corrected chi connectivity index (χ0v) is 11.2. The number of benzene rings is 1. The van der Waals surface area contributed by atoms with E-state index in [9.17, 15) is 4.39 Å². The van der Waals surface area contributed by atoms with Crippen molar-refractivity contribution in [3.05, 3.63) is 29.6 Å². The minimum absolute atomic E-state index is 0.200. The number of aryl methyl sites for hydroxylation is 1.